The number of carboxylic acid groups (broad SMARTS) is 3. The second-order valence-corrected chi connectivity index (χ2v) is 6.38. The van der Waals surface area contributed by atoms with E-state index in [-0.39, 0.29) is 17.8 Å². The van der Waals surface area contributed by atoms with E-state index < -0.39 is 29.8 Å². The first-order valence-corrected chi connectivity index (χ1v) is 9.51. The molecule has 0 bridgehead atoms. The van der Waals surface area contributed by atoms with Crippen LogP contribution in [0.3, 0.4) is 0 Å². The lowest BCUT2D eigenvalue weighted by molar-refractivity contribution is -0.139. The Kier molecular flexibility index (Phi) is 15.2. The minimum Gasteiger partial charge on any atom is -0.478 e. The number of unbranched alkanes of at least 4 members (excludes halogenated alkanes) is 1. The van der Waals surface area contributed by atoms with Gasteiger partial charge in [0.1, 0.15) is 0 Å². The van der Waals surface area contributed by atoms with Gasteiger partial charge in [0.05, 0.1) is 6.61 Å². The quantitative estimate of drug-likeness (QED) is 0.257. The van der Waals surface area contributed by atoms with Crippen molar-refractivity contribution in [1.29, 1.82) is 0 Å². The van der Waals surface area contributed by atoms with E-state index in [1.165, 1.54) is 26.0 Å². The Morgan fingerprint density at radius 2 is 1.50 bits per heavy atom. The number of aliphatic carboxylic acids is 3. The zero-order valence-corrected chi connectivity index (χ0v) is 18.2. The lowest BCUT2D eigenvalue weighted by Crippen LogP contribution is -2.16. The summed E-state index contributed by atoms with van der Waals surface area (Å²) in [4.78, 5) is 43.9. The molecule has 0 spiro atoms. The van der Waals surface area contributed by atoms with Crippen LogP contribution in [-0.4, -0.2) is 45.8 Å². The molecule has 1 atom stereocenters. The van der Waals surface area contributed by atoms with E-state index in [9.17, 15) is 19.2 Å². The molecule has 0 aromatic carbocycles. The van der Waals surface area contributed by atoms with Crippen LogP contribution in [0.15, 0.2) is 47.1 Å². The summed E-state index contributed by atoms with van der Waals surface area (Å²) in [6.07, 6.45) is 5.95. The molecule has 0 heterocycles. The van der Waals surface area contributed by atoms with Crippen LogP contribution in [0.1, 0.15) is 53.9 Å². The van der Waals surface area contributed by atoms with Crippen molar-refractivity contribution in [3.05, 3.63) is 47.1 Å². The van der Waals surface area contributed by atoms with Gasteiger partial charge in [0, 0.05) is 28.7 Å². The van der Waals surface area contributed by atoms with Crippen LogP contribution >= 0.6 is 0 Å². The second-order valence-electron chi connectivity index (χ2n) is 6.38. The first-order chi connectivity index (χ1) is 13.9. The zero-order valence-electron chi connectivity index (χ0n) is 18.2. The maximum absolute atomic E-state index is 12.5. The molecule has 168 valence electrons. The molecule has 0 saturated carbocycles. The first-order valence-electron chi connectivity index (χ1n) is 9.51. The van der Waals surface area contributed by atoms with E-state index in [4.69, 9.17) is 20.1 Å². The average Bonchev–Trinajstić information content (AvgIpc) is 2.66. The maximum atomic E-state index is 12.5. The summed E-state index contributed by atoms with van der Waals surface area (Å²) in [5.41, 5.74) is 1.10. The van der Waals surface area contributed by atoms with Crippen molar-refractivity contribution in [1.82, 2.24) is 0 Å². The van der Waals surface area contributed by atoms with Crippen LogP contribution in [0.25, 0.3) is 0 Å². The molecule has 0 aromatic rings. The number of rotatable bonds is 11. The standard InChI is InChI=1S/C19H28O6.C3H4O2/c1-6-8-9-15(11-14(5)18(22)23)16(19(24)25-7-2)12(3)10-13(4)17(20)21;1-2-3(4)5/h10-12H,6-9H2,1-5H3,(H,20,21)(H,22,23);2H,1H2,(H,4,5). The van der Waals surface area contributed by atoms with E-state index in [1.807, 2.05) is 6.92 Å². The van der Waals surface area contributed by atoms with Crippen molar-refractivity contribution in [2.45, 2.75) is 53.9 Å². The molecule has 3 N–H and O–H groups in total. The highest BCUT2D eigenvalue weighted by molar-refractivity contribution is 5.93. The highest BCUT2D eigenvalue weighted by Crippen LogP contribution is 2.25. The van der Waals surface area contributed by atoms with Crippen LogP contribution in [0.5, 0.6) is 0 Å². The van der Waals surface area contributed by atoms with Gasteiger partial charge in [-0.3, -0.25) is 0 Å². The van der Waals surface area contributed by atoms with Crippen molar-refractivity contribution < 1.29 is 39.2 Å². The number of hydrogen-bond acceptors (Lipinski definition) is 5. The number of carbonyl (C=O) groups is 4. The summed E-state index contributed by atoms with van der Waals surface area (Å²) < 4.78 is 5.12. The van der Waals surface area contributed by atoms with Gasteiger partial charge in [-0.2, -0.15) is 0 Å². The van der Waals surface area contributed by atoms with E-state index in [0.29, 0.717) is 17.6 Å². The van der Waals surface area contributed by atoms with Gasteiger partial charge in [0.2, 0.25) is 0 Å². The monoisotopic (exact) mass is 424 g/mol. The third-order valence-electron chi connectivity index (χ3n) is 3.84. The van der Waals surface area contributed by atoms with Crippen LogP contribution in [-0.2, 0) is 23.9 Å². The smallest absolute Gasteiger partial charge is 0.334 e. The molecular formula is C22H32O8. The fraction of sp³-hybridized carbons (Fsp3) is 0.455. The molecule has 0 fully saturated rings. The zero-order chi connectivity index (χ0) is 23.9. The molecule has 0 saturated heterocycles. The van der Waals surface area contributed by atoms with Gasteiger partial charge >= 0.3 is 23.9 Å². The number of esters is 1. The van der Waals surface area contributed by atoms with Gasteiger partial charge in [-0.15, -0.1) is 0 Å². The number of carboxylic acids is 3. The molecule has 1 unspecified atom stereocenters. The van der Waals surface area contributed by atoms with Crippen LogP contribution < -0.4 is 0 Å². The molecule has 0 amide bonds. The number of carbonyl (C=O) groups excluding carboxylic acids is 1. The Balaban J connectivity index is 0. The summed E-state index contributed by atoms with van der Waals surface area (Å²) in [6, 6.07) is 0. The second kappa shape index (κ2) is 15.7. The Morgan fingerprint density at radius 3 is 1.87 bits per heavy atom. The fourth-order valence-electron chi connectivity index (χ4n) is 2.32. The van der Waals surface area contributed by atoms with Gasteiger partial charge in [-0.1, -0.05) is 32.9 Å². The third kappa shape index (κ3) is 12.3. The van der Waals surface area contributed by atoms with Gasteiger partial charge in [-0.05, 0) is 45.3 Å². The van der Waals surface area contributed by atoms with E-state index >= 15 is 0 Å². The van der Waals surface area contributed by atoms with Crippen molar-refractivity contribution in [2.24, 2.45) is 5.92 Å². The predicted octanol–water partition coefficient (Wildman–Crippen LogP) is 3.99. The summed E-state index contributed by atoms with van der Waals surface area (Å²) >= 11 is 0. The number of hydrogen-bond donors (Lipinski definition) is 3. The summed E-state index contributed by atoms with van der Waals surface area (Å²) in [5.74, 6) is -4.18. The normalized spacial score (nSPS) is 13.2. The Labute approximate surface area is 177 Å². The molecule has 0 aliphatic rings. The van der Waals surface area contributed by atoms with Crippen LogP contribution in [0.4, 0.5) is 0 Å². The highest BCUT2D eigenvalue weighted by atomic mass is 16.5. The fourth-order valence-corrected chi connectivity index (χ4v) is 2.32. The number of ether oxygens (including phenoxy) is 1. The third-order valence-corrected chi connectivity index (χ3v) is 3.84. The van der Waals surface area contributed by atoms with Crippen LogP contribution in [0, 0.1) is 5.92 Å². The van der Waals surface area contributed by atoms with Gasteiger partial charge in [0.25, 0.3) is 0 Å². The topological polar surface area (TPSA) is 138 Å². The lowest BCUT2D eigenvalue weighted by Gasteiger charge is -2.17. The number of allylic oxidation sites excluding steroid dienone is 3. The molecule has 8 nitrogen and oxygen atoms in total. The average molecular weight is 424 g/mol. The lowest BCUT2D eigenvalue weighted by atomic mass is 9.90. The predicted molar refractivity (Wildman–Crippen MR) is 113 cm³/mol. The van der Waals surface area contributed by atoms with Crippen molar-refractivity contribution >= 4 is 23.9 Å². The van der Waals surface area contributed by atoms with Gasteiger partial charge in [-0.25, -0.2) is 19.2 Å². The molecule has 0 aliphatic heterocycles. The maximum Gasteiger partial charge on any atom is 0.334 e. The SMILES string of the molecule is C=CC(=O)O.CCCCC(C=C(C)C(=O)O)=C(C(=O)OCC)C(C)C=C(C)C(=O)O. The van der Waals surface area contributed by atoms with E-state index in [1.54, 1.807) is 13.8 Å². The minimum absolute atomic E-state index is 0.110. The molecule has 8 heteroatoms. The van der Waals surface area contributed by atoms with Crippen molar-refractivity contribution in [3.63, 3.8) is 0 Å². The molecule has 0 aromatic heterocycles. The van der Waals surface area contributed by atoms with Gasteiger partial charge < -0.3 is 20.1 Å². The Bertz CT molecular complexity index is 725. The molecule has 0 aliphatic carbocycles. The Morgan fingerprint density at radius 1 is 1.00 bits per heavy atom. The molecular weight excluding hydrogens is 392 g/mol. The molecule has 30 heavy (non-hydrogen) atoms. The van der Waals surface area contributed by atoms with Crippen molar-refractivity contribution in [2.75, 3.05) is 6.61 Å². The van der Waals surface area contributed by atoms with Crippen LogP contribution in [0.2, 0.25) is 0 Å². The molecule has 0 rings (SSSR count). The summed E-state index contributed by atoms with van der Waals surface area (Å²) in [7, 11) is 0. The van der Waals surface area contributed by atoms with Gasteiger partial charge in [0.15, 0.2) is 0 Å². The first kappa shape index (κ1) is 29.0. The van der Waals surface area contributed by atoms with E-state index in [2.05, 4.69) is 6.58 Å². The summed E-state index contributed by atoms with van der Waals surface area (Å²) in [6.45, 7) is 11.4. The van der Waals surface area contributed by atoms with Crippen molar-refractivity contribution in [3.8, 4) is 0 Å². The van der Waals surface area contributed by atoms with E-state index in [0.717, 1.165) is 18.9 Å². The largest absolute Gasteiger partial charge is 0.478 e. The Hall–Kier alpha value is -3.16. The summed E-state index contributed by atoms with van der Waals surface area (Å²) in [5, 5.41) is 25.8. The highest BCUT2D eigenvalue weighted by Gasteiger charge is 2.22. The molecule has 0 radical (unpaired) electrons. The minimum atomic E-state index is -1.07.